The summed E-state index contributed by atoms with van der Waals surface area (Å²) in [7, 11) is 0. The van der Waals surface area contributed by atoms with Gasteiger partial charge in [0.05, 0.1) is 12.2 Å². The Labute approximate surface area is 110 Å². The third-order valence-electron chi connectivity index (χ3n) is 2.86. The van der Waals surface area contributed by atoms with E-state index < -0.39 is 0 Å². The zero-order valence-corrected chi connectivity index (χ0v) is 11.6. The largest absolute Gasteiger partial charge is 0.360 e. The van der Waals surface area contributed by atoms with E-state index in [0.29, 0.717) is 30.0 Å². The maximum Gasteiger partial charge on any atom is 0.257 e. The van der Waals surface area contributed by atoms with E-state index in [1.807, 2.05) is 25.3 Å². The summed E-state index contributed by atoms with van der Waals surface area (Å²) in [4.78, 5) is 13.3. The van der Waals surface area contributed by atoms with Crippen LogP contribution in [0.1, 0.15) is 39.2 Å². The summed E-state index contributed by atoms with van der Waals surface area (Å²) >= 11 is 1.65. The highest BCUT2D eigenvalue weighted by Gasteiger charge is 2.18. The fourth-order valence-corrected chi connectivity index (χ4v) is 2.63. The van der Waals surface area contributed by atoms with Gasteiger partial charge in [-0.25, -0.2) is 0 Å². The number of aryl methyl sites for hydroxylation is 3. The number of rotatable bonds is 4. The Morgan fingerprint density at radius 1 is 1.50 bits per heavy atom. The van der Waals surface area contributed by atoms with Crippen LogP contribution >= 0.6 is 11.3 Å². The average molecular weight is 264 g/mol. The topological polar surface area (TPSA) is 55.1 Å². The third kappa shape index (κ3) is 2.46. The molecular weight excluding hydrogens is 248 g/mol. The summed E-state index contributed by atoms with van der Waals surface area (Å²) in [6, 6.07) is 2.05. The highest BCUT2D eigenvalue weighted by Crippen LogP contribution is 2.17. The molecule has 18 heavy (non-hydrogen) atoms. The van der Waals surface area contributed by atoms with E-state index in [1.54, 1.807) is 18.3 Å². The molecule has 5 heteroatoms. The Bertz CT molecular complexity index is 557. The van der Waals surface area contributed by atoms with Crippen LogP contribution in [-0.4, -0.2) is 11.1 Å². The molecule has 0 bridgehead atoms. The van der Waals surface area contributed by atoms with Crippen molar-refractivity contribution in [3.8, 4) is 0 Å². The van der Waals surface area contributed by atoms with E-state index in [9.17, 15) is 4.79 Å². The normalized spacial score (nSPS) is 10.6. The van der Waals surface area contributed by atoms with Crippen LogP contribution in [0.3, 0.4) is 0 Å². The van der Waals surface area contributed by atoms with Gasteiger partial charge in [-0.15, -0.1) is 11.3 Å². The van der Waals surface area contributed by atoms with E-state index in [2.05, 4.69) is 10.5 Å². The summed E-state index contributed by atoms with van der Waals surface area (Å²) in [5, 5.41) is 8.78. The molecule has 1 amide bonds. The highest BCUT2D eigenvalue weighted by molar-refractivity contribution is 7.10. The molecule has 0 unspecified atom stereocenters. The molecule has 0 aromatic carbocycles. The van der Waals surface area contributed by atoms with Crippen LogP contribution in [0, 0.1) is 13.8 Å². The van der Waals surface area contributed by atoms with E-state index in [4.69, 9.17) is 4.52 Å². The number of aromatic nitrogens is 1. The van der Waals surface area contributed by atoms with Gasteiger partial charge in [0, 0.05) is 11.3 Å². The van der Waals surface area contributed by atoms with Gasteiger partial charge in [0.15, 0.2) is 0 Å². The van der Waals surface area contributed by atoms with Crippen molar-refractivity contribution in [1.82, 2.24) is 10.5 Å². The van der Waals surface area contributed by atoms with Gasteiger partial charge < -0.3 is 9.84 Å². The molecule has 0 aliphatic rings. The molecule has 0 spiro atoms. The summed E-state index contributed by atoms with van der Waals surface area (Å²) in [6.07, 6.45) is 0.668. The first-order valence-corrected chi connectivity index (χ1v) is 6.77. The quantitative estimate of drug-likeness (QED) is 0.923. The molecular formula is C13H16N2O2S. The lowest BCUT2D eigenvalue weighted by molar-refractivity contribution is 0.0949. The maximum atomic E-state index is 12.1. The predicted molar refractivity (Wildman–Crippen MR) is 70.8 cm³/mol. The van der Waals surface area contributed by atoms with Crippen LogP contribution in [0.25, 0.3) is 0 Å². The third-order valence-corrected chi connectivity index (χ3v) is 3.88. The molecule has 0 fully saturated rings. The molecule has 0 atom stereocenters. The molecule has 4 nitrogen and oxygen atoms in total. The molecule has 0 aliphatic heterocycles. The molecule has 2 heterocycles. The Kier molecular flexibility index (Phi) is 3.81. The van der Waals surface area contributed by atoms with E-state index >= 15 is 0 Å². The van der Waals surface area contributed by atoms with Crippen molar-refractivity contribution < 1.29 is 9.32 Å². The Morgan fingerprint density at radius 3 is 2.89 bits per heavy atom. The number of amides is 1. The van der Waals surface area contributed by atoms with E-state index in [1.165, 1.54) is 10.4 Å². The number of hydrogen-bond acceptors (Lipinski definition) is 4. The van der Waals surface area contributed by atoms with Crippen LogP contribution in [0.15, 0.2) is 16.0 Å². The van der Waals surface area contributed by atoms with Crippen molar-refractivity contribution in [1.29, 1.82) is 0 Å². The summed E-state index contributed by atoms with van der Waals surface area (Å²) in [6.45, 7) is 6.32. The van der Waals surface area contributed by atoms with Gasteiger partial charge >= 0.3 is 0 Å². The SMILES string of the molecule is CCc1onc(C)c1C(=O)NCc1sccc1C. The Morgan fingerprint density at radius 2 is 2.28 bits per heavy atom. The predicted octanol–water partition coefficient (Wildman–Crippen LogP) is 2.85. The van der Waals surface area contributed by atoms with Crippen molar-refractivity contribution in [2.45, 2.75) is 33.7 Å². The average Bonchev–Trinajstić information content (AvgIpc) is 2.92. The van der Waals surface area contributed by atoms with Crippen molar-refractivity contribution in [3.63, 3.8) is 0 Å². The van der Waals surface area contributed by atoms with Gasteiger partial charge in [-0.3, -0.25) is 4.79 Å². The molecule has 1 N–H and O–H groups in total. The number of carbonyl (C=O) groups excluding carboxylic acids is 1. The standard InChI is InChI=1S/C13H16N2O2S/c1-4-10-12(9(3)15-17-10)13(16)14-7-11-8(2)5-6-18-11/h5-6H,4,7H2,1-3H3,(H,14,16). The zero-order valence-electron chi connectivity index (χ0n) is 10.7. The van der Waals surface area contributed by atoms with Crippen LogP contribution in [-0.2, 0) is 13.0 Å². The second-order valence-corrected chi connectivity index (χ2v) is 5.13. The van der Waals surface area contributed by atoms with Crippen molar-refractivity contribution in [2.75, 3.05) is 0 Å². The molecule has 0 saturated heterocycles. The minimum absolute atomic E-state index is 0.113. The van der Waals surface area contributed by atoms with Gasteiger partial charge in [-0.05, 0) is 30.9 Å². The first-order chi connectivity index (χ1) is 8.63. The fourth-order valence-electron chi connectivity index (χ4n) is 1.78. The van der Waals surface area contributed by atoms with Crippen LogP contribution in [0.4, 0.5) is 0 Å². The highest BCUT2D eigenvalue weighted by atomic mass is 32.1. The van der Waals surface area contributed by atoms with Crippen molar-refractivity contribution >= 4 is 17.2 Å². The minimum Gasteiger partial charge on any atom is -0.360 e. The number of hydrogen-bond donors (Lipinski definition) is 1. The summed E-state index contributed by atoms with van der Waals surface area (Å²) < 4.78 is 5.12. The lowest BCUT2D eigenvalue weighted by Gasteiger charge is -2.04. The molecule has 2 aromatic heterocycles. The number of nitrogens with one attached hydrogen (secondary N) is 1. The number of carbonyl (C=O) groups is 1. The lowest BCUT2D eigenvalue weighted by atomic mass is 10.1. The maximum absolute atomic E-state index is 12.1. The second-order valence-electron chi connectivity index (χ2n) is 4.13. The van der Waals surface area contributed by atoms with Crippen LogP contribution in [0.2, 0.25) is 0 Å². The van der Waals surface area contributed by atoms with Crippen LogP contribution in [0.5, 0.6) is 0 Å². The lowest BCUT2D eigenvalue weighted by Crippen LogP contribution is -2.24. The molecule has 2 rings (SSSR count). The Hall–Kier alpha value is -1.62. The summed E-state index contributed by atoms with van der Waals surface area (Å²) in [5.41, 5.74) is 2.43. The minimum atomic E-state index is -0.113. The Balaban J connectivity index is 2.08. The molecule has 2 aromatic rings. The second kappa shape index (κ2) is 5.35. The first kappa shape index (κ1) is 12.8. The van der Waals surface area contributed by atoms with Crippen molar-refractivity contribution in [2.24, 2.45) is 0 Å². The van der Waals surface area contributed by atoms with E-state index in [0.717, 1.165) is 0 Å². The van der Waals surface area contributed by atoms with Gasteiger partial charge in [0.25, 0.3) is 5.91 Å². The molecule has 96 valence electrons. The van der Waals surface area contributed by atoms with Crippen LogP contribution < -0.4 is 5.32 Å². The van der Waals surface area contributed by atoms with Gasteiger partial charge in [0.2, 0.25) is 0 Å². The van der Waals surface area contributed by atoms with Gasteiger partial charge in [0.1, 0.15) is 11.3 Å². The van der Waals surface area contributed by atoms with E-state index in [-0.39, 0.29) is 5.91 Å². The molecule has 0 saturated carbocycles. The number of thiophene rings is 1. The van der Waals surface area contributed by atoms with Crippen molar-refractivity contribution in [3.05, 3.63) is 38.9 Å². The van der Waals surface area contributed by atoms with Gasteiger partial charge in [-0.1, -0.05) is 12.1 Å². The van der Waals surface area contributed by atoms with Gasteiger partial charge in [-0.2, -0.15) is 0 Å². The zero-order chi connectivity index (χ0) is 13.1. The molecule has 0 aliphatic carbocycles. The summed E-state index contributed by atoms with van der Waals surface area (Å²) in [5.74, 6) is 0.534. The fraction of sp³-hybridized carbons (Fsp3) is 0.385. The number of nitrogens with zero attached hydrogens (tertiary/aromatic N) is 1. The smallest absolute Gasteiger partial charge is 0.257 e. The monoisotopic (exact) mass is 264 g/mol. The molecule has 0 radical (unpaired) electrons. The first-order valence-electron chi connectivity index (χ1n) is 5.89.